The number of hydrogen-bond donors (Lipinski definition) is 0. The molecule has 0 bridgehead atoms. The lowest BCUT2D eigenvalue weighted by atomic mass is 10.3. The molecule has 0 amide bonds. The number of rotatable bonds is 6. The predicted octanol–water partition coefficient (Wildman–Crippen LogP) is 3.70. The van der Waals surface area contributed by atoms with E-state index in [1.165, 1.54) is 0 Å². The lowest BCUT2D eigenvalue weighted by Gasteiger charge is -2.22. The molecule has 2 rings (SSSR count). The van der Waals surface area contributed by atoms with E-state index in [0.29, 0.717) is 5.88 Å². The highest BCUT2D eigenvalue weighted by Crippen LogP contribution is 2.23. The van der Waals surface area contributed by atoms with Crippen LogP contribution in [0.3, 0.4) is 0 Å². The van der Waals surface area contributed by atoms with E-state index in [1.54, 1.807) is 0 Å². The maximum atomic E-state index is 6.11. The number of aromatic nitrogens is 2. The van der Waals surface area contributed by atoms with E-state index in [4.69, 9.17) is 16.6 Å². The highest BCUT2D eigenvalue weighted by molar-refractivity contribution is 6.17. The Labute approximate surface area is 113 Å². The van der Waals surface area contributed by atoms with E-state index in [0.717, 1.165) is 43.1 Å². The van der Waals surface area contributed by atoms with Crippen molar-refractivity contribution in [2.24, 2.45) is 0 Å². The smallest absolute Gasteiger partial charge is 0.152 e. The van der Waals surface area contributed by atoms with Gasteiger partial charge >= 0.3 is 0 Å². The Kier molecular flexibility index (Phi) is 4.48. The summed E-state index contributed by atoms with van der Waals surface area (Å²) in [5.74, 6) is 1.53. The Bertz CT molecular complexity index is 501. The van der Waals surface area contributed by atoms with Crippen LogP contribution in [-0.2, 0) is 5.88 Å². The maximum absolute atomic E-state index is 6.11. The van der Waals surface area contributed by atoms with Crippen LogP contribution >= 0.6 is 11.6 Å². The summed E-state index contributed by atoms with van der Waals surface area (Å²) in [5.41, 5.74) is 2.06. The molecule has 2 aromatic heterocycles. The second-order valence-electron chi connectivity index (χ2n) is 4.43. The van der Waals surface area contributed by atoms with Gasteiger partial charge in [0.15, 0.2) is 5.82 Å². The van der Waals surface area contributed by atoms with Gasteiger partial charge in [0.25, 0.3) is 0 Å². The summed E-state index contributed by atoms with van der Waals surface area (Å²) < 4.78 is 2.08. The molecule has 3 nitrogen and oxygen atoms in total. The molecule has 2 aromatic rings. The third kappa shape index (κ3) is 2.46. The van der Waals surface area contributed by atoms with Gasteiger partial charge in [0, 0.05) is 19.3 Å². The molecular weight excluding hydrogens is 246 g/mol. The van der Waals surface area contributed by atoms with Crippen LogP contribution in [0.1, 0.15) is 32.4 Å². The summed E-state index contributed by atoms with van der Waals surface area (Å²) in [6, 6.07) is 6.04. The minimum Gasteiger partial charge on any atom is -0.355 e. The first-order valence-electron chi connectivity index (χ1n) is 6.58. The van der Waals surface area contributed by atoms with Gasteiger partial charge in [-0.2, -0.15) is 0 Å². The lowest BCUT2D eigenvalue weighted by Crippen LogP contribution is -2.26. The summed E-state index contributed by atoms with van der Waals surface area (Å²) in [5, 5.41) is 0. The second-order valence-corrected chi connectivity index (χ2v) is 4.70. The van der Waals surface area contributed by atoms with Crippen LogP contribution in [-0.4, -0.2) is 22.5 Å². The van der Waals surface area contributed by atoms with E-state index in [1.807, 2.05) is 24.4 Å². The van der Waals surface area contributed by atoms with E-state index >= 15 is 0 Å². The number of fused-ring (bicyclic) bond motifs is 1. The van der Waals surface area contributed by atoms with Crippen molar-refractivity contribution in [2.75, 3.05) is 18.0 Å². The number of nitrogens with zero attached hydrogens (tertiary/aromatic N) is 3. The Morgan fingerprint density at radius 3 is 2.56 bits per heavy atom. The molecule has 98 valence electrons. The molecular formula is C14H20ClN3. The number of alkyl halides is 1. The Hall–Kier alpha value is -1.22. The molecule has 2 heterocycles. The van der Waals surface area contributed by atoms with Crippen molar-refractivity contribution in [3.8, 4) is 0 Å². The van der Waals surface area contributed by atoms with Crippen LogP contribution in [0, 0.1) is 0 Å². The van der Waals surface area contributed by atoms with Crippen molar-refractivity contribution >= 4 is 23.1 Å². The van der Waals surface area contributed by atoms with Gasteiger partial charge in [-0.1, -0.05) is 19.9 Å². The maximum Gasteiger partial charge on any atom is 0.152 e. The quantitative estimate of drug-likeness (QED) is 0.743. The fourth-order valence-electron chi connectivity index (χ4n) is 2.28. The van der Waals surface area contributed by atoms with Gasteiger partial charge in [-0.3, -0.25) is 0 Å². The van der Waals surface area contributed by atoms with E-state index < -0.39 is 0 Å². The summed E-state index contributed by atoms with van der Waals surface area (Å²) in [6.45, 7) is 6.45. The molecule has 0 N–H and O–H groups in total. The molecule has 0 unspecified atom stereocenters. The molecule has 0 saturated carbocycles. The third-order valence-corrected chi connectivity index (χ3v) is 3.27. The minimum atomic E-state index is 0.491. The zero-order valence-electron chi connectivity index (χ0n) is 11.1. The van der Waals surface area contributed by atoms with E-state index in [-0.39, 0.29) is 0 Å². The lowest BCUT2D eigenvalue weighted by molar-refractivity contribution is 0.733. The van der Waals surface area contributed by atoms with Crippen molar-refractivity contribution in [2.45, 2.75) is 32.6 Å². The van der Waals surface area contributed by atoms with Gasteiger partial charge in [0.05, 0.1) is 11.6 Å². The zero-order valence-corrected chi connectivity index (χ0v) is 11.8. The van der Waals surface area contributed by atoms with Crippen LogP contribution in [0.5, 0.6) is 0 Å². The van der Waals surface area contributed by atoms with Gasteiger partial charge in [-0.25, -0.2) is 4.98 Å². The van der Waals surface area contributed by atoms with Crippen LogP contribution in [0.4, 0.5) is 5.82 Å². The first-order chi connectivity index (χ1) is 8.81. The fourth-order valence-corrected chi connectivity index (χ4v) is 2.52. The van der Waals surface area contributed by atoms with Crippen LogP contribution in [0.2, 0.25) is 0 Å². The molecule has 4 heteroatoms. The zero-order chi connectivity index (χ0) is 13.0. The molecule has 0 saturated heterocycles. The fraction of sp³-hybridized carbons (Fsp3) is 0.500. The number of imidazole rings is 1. The third-order valence-electron chi connectivity index (χ3n) is 3.02. The summed E-state index contributed by atoms with van der Waals surface area (Å²) in [4.78, 5) is 7.06. The molecule has 0 aliphatic rings. The van der Waals surface area contributed by atoms with Crippen molar-refractivity contribution in [3.63, 3.8) is 0 Å². The monoisotopic (exact) mass is 265 g/mol. The first kappa shape index (κ1) is 13.2. The normalized spacial score (nSPS) is 11.1. The van der Waals surface area contributed by atoms with Gasteiger partial charge < -0.3 is 9.30 Å². The van der Waals surface area contributed by atoms with Crippen LogP contribution in [0.25, 0.3) is 5.65 Å². The van der Waals surface area contributed by atoms with Crippen LogP contribution < -0.4 is 4.90 Å². The van der Waals surface area contributed by atoms with Crippen molar-refractivity contribution in [1.82, 2.24) is 9.38 Å². The highest BCUT2D eigenvalue weighted by Gasteiger charge is 2.16. The number of pyridine rings is 1. The van der Waals surface area contributed by atoms with E-state index in [2.05, 4.69) is 23.1 Å². The van der Waals surface area contributed by atoms with Crippen molar-refractivity contribution in [3.05, 3.63) is 30.1 Å². The van der Waals surface area contributed by atoms with Crippen LogP contribution in [0.15, 0.2) is 24.4 Å². The van der Waals surface area contributed by atoms with Gasteiger partial charge in [0.1, 0.15) is 5.65 Å². The van der Waals surface area contributed by atoms with E-state index in [9.17, 15) is 0 Å². The largest absolute Gasteiger partial charge is 0.355 e. The molecule has 0 spiro atoms. The average Bonchev–Trinajstić information content (AvgIpc) is 2.76. The average molecular weight is 266 g/mol. The SMILES string of the molecule is CCCN(CCC)c1nc2ccccn2c1CCl. The second kappa shape index (κ2) is 6.10. The molecule has 0 atom stereocenters. The highest BCUT2D eigenvalue weighted by atomic mass is 35.5. The molecule has 0 fully saturated rings. The molecule has 0 aromatic carbocycles. The first-order valence-corrected chi connectivity index (χ1v) is 7.12. The number of anilines is 1. The van der Waals surface area contributed by atoms with Gasteiger partial charge in [-0.15, -0.1) is 11.6 Å². The Balaban J connectivity index is 2.47. The molecule has 0 aliphatic carbocycles. The molecule has 18 heavy (non-hydrogen) atoms. The minimum absolute atomic E-state index is 0.491. The topological polar surface area (TPSA) is 20.5 Å². The van der Waals surface area contributed by atoms with Gasteiger partial charge in [0.2, 0.25) is 0 Å². The van der Waals surface area contributed by atoms with Crippen molar-refractivity contribution < 1.29 is 0 Å². The summed E-state index contributed by atoms with van der Waals surface area (Å²) in [6.07, 6.45) is 4.27. The molecule has 0 radical (unpaired) electrons. The summed E-state index contributed by atoms with van der Waals surface area (Å²) in [7, 11) is 0. The number of hydrogen-bond acceptors (Lipinski definition) is 2. The summed E-state index contributed by atoms with van der Waals surface area (Å²) >= 11 is 6.11. The van der Waals surface area contributed by atoms with Crippen molar-refractivity contribution in [1.29, 1.82) is 0 Å². The Morgan fingerprint density at radius 1 is 1.22 bits per heavy atom. The van der Waals surface area contributed by atoms with Gasteiger partial charge in [-0.05, 0) is 25.0 Å². The standard InChI is InChI=1S/C14H20ClN3/c1-3-8-17(9-4-2)14-12(11-15)18-10-6-5-7-13(18)16-14/h5-7,10H,3-4,8-9,11H2,1-2H3. The predicted molar refractivity (Wildman–Crippen MR) is 77.5 cm³/mol. The number of halogens is 1. The Morgan fingerprint density at radius 2 is 1.94 bits per heavy atom. The molecule has 0 aliphatic heterocycles.